The van der Waals surface area contributed by atoms with Gasteiger partial charge in [0.05, 0.1) is 5.39 Å². The lowest BCUT2D eigenvalue weighted by molar-refractivity contribution is -0.116. The maximum Gasteiger partial charge on any atom is 0.130 e. The third-order valence-corrected chi connectivity index (χ3v) is 5.39. The normalized spacial score (nSPS) is 11.0. The van der Waals surface area contributed by atoms with Gasteiger partial charge in [0.2, 0.25) is 0 Å². The highest BCUT2D eigenvalue weighted by Gasteiger charge is 2.16. The van der Waals surface area contributed by atoms with E-state index in [1.165, 1.54) is 16.0 Å². The molecule has 3 nitrogen and oxygen atoms in total. The maximum absolute atomic E-state index is 11.1. The van der Waals surface area contributed by atoms with Gasteiger partial charge < -0.3 is 0 Å². The molecule has 22 heavy (non-hydrogen) atoms. The summed E-state index contributed by atoms with van der Waals surface area (Å²) in [5.74, 6) is 0.965. The van der Waals surface area contributed by atoms with Gasteiger partial charge in [-0.25, -0.2) is 9.97 Å². The van der Waals surface area contributed by atoms with E-state index in [4.69, 9.17) is 0 Å². The Bertz CT molecular complexity index is 812. The summed E-state index contributed by atoms with van der Waals surface area (Å²) >= 11 is 3.33. The molecule has 0 saturated carbocycles. The fraction of sp³-hybridized carbons (Fsp3) is 0.235. The van der Waals surface area contributed by atoms with Crippen molar-refractivity contribution in [3.05, 3.63) is 41.5 Å². The van der Waals surface area contributed by atoms with E-state index in [-0.39, 0.29) is 5.78 Å². The van der Waals surface area contributed by atoms with Crippen LogP contribution in [0.1, 0.15) is 18.2 Å². The first-order valence-electron chi connectivity index (χ1n) is 7.08. The van der Waals surface area contributed by atoms with E-state index in [1.54, 1.807) is 36.3 Å². The van der Waals surface area contributed by atoms with Crippen molar-refractivity contribution in [2.45, 2.75) is 25.3 Å². The van der Waals surface area contributed by atoms with E-state index in [0.29, 0.717) is 6.42 Å². The van der Waals surface area contributed by atoms with Gasteiger partial charge >= 0.3 is 0 Å². The van der Waals surface area contributed by atoms with Crippen molar-refractivity contribution in [1.29, 1.82) is 0 Å². The van der Waals surface area contributed by atoms with Gasteiger partial charge in [-0.1, -0.05) is 30.3 Å². The van der Waals surface area contributed by atoms with Crippen LogP contribution in [-0.2, 0) is 4.79 Å². The Kier molecular flexibility index (Phi) is 4.55. The van der Waals surface area contributed by atoms with Crippen LogP contribution in [0.2, 0.25) is 0 Å². The summed E-state index contributed by atoms with van der Waals surface area (Å²) in [6.45, 7) is 3.75. The van der Waals surface area contributed by atoms with Crippen molar-refractivity contribution in [3.63, 3.8) is 0 Å². The summed E-state index contributed by atoms with van der Waals surface area (Å²) < 4.78 is 0. The molecule has 5 heteroatoms. The van der Waals surface area contributed by atoms with Gasteiger partial charge in [-0.15, -0.1) is 23.1 Å². The second kappa shape index (κ2) is 6.58. The highest BCUT2D eigenvalue weighted by atomic mass is 32.2. The molecule has 1 aromatic carbocycles. The molecule has 2 aromatic heterocycles. The fourth-order valence-electron chi connectivity index (χ4n) is 2.37. The van der Waals surface area contributed by atoms with Gasteiger partial charge in [-0.2, -0.15) is 0 Å². The van der Waals surface area contributed by atoms with E-state index in [9.17, 15) is 4.79 Å². The molecular formula is C17H16N2OS2. The number of fused-ring (bicyclic) bond motifs is 1. The first-order valence-corrected chi connectivity index (χ1v) is 8.89. The van der Waals surface area contributed by atoms with Gasteiger partial charge in [0.25, 0.3) is 0 Å². The number of carbonyl (C=O) groups excluding carboxylic acids is 1. The number of hydrogen-bond acceptors (Lipinski definition) is 5. The van der Waals surface area contributed by atoms with Crippen LogP contribution in [0.25, 0.3) is 21.3 Å². The minimum Gasteiger partial charge on any atom is -0.300 e. The molecule has 0 aliphatic rings. The van der Waals surface area contributed by atoms with Crippen LogP contribution < -0.4 is 0 Å². The van der Waals surface area contributed by atoms with Crippen LogP contribution in [0.5, 0.6) is 0 Å². The summed E-state index contributed by atoms with van der Waals surface area (Å²) in [5, 5.41) is 2.08. The fourth-order valence-corrected chi connectivity index (χ4v) is 4.50. The Morgan fingerprint density at radius 2 is 2.00 bits per heavy atom. The third-order valence-electron chi connectivity index (χ3n) is 3.38. The molecule has 3 rings (SSSR count). The zero-order valence-electron chi connectivity index (χ0n) is 12.5. The highest BCUT2D eigenvalue weighted by Crippen LogP contribution is 2.41. The quantitative estimate of drug-likeness (QED) is 0.501. The number of carbonyl (C=O) groups is 1. The zero-order chi connectivity index (χ0) is 15.5. The van der Waals surface area contributed by atoms with Crippen molar-refractivity contribution < 1.29 is 4.79 Å². The second-order valence-electron chi connectivity index (χ2n) is 5.06. The van der Waals surface area contributed by atoms with Gasteiger partial charge in [-0.3, -0.25) is 4.79 Å². The van der Waals surface area contributed by atoms with Gasteiger partial charge in [-0.05, 0) is 19.4 Å². The second-order valence-corrected chi connectivity index (χ2v) is 7.35. The van der Waals surface area contributed by atoms with E-state index < -0.39 is 0 Å². The topological polar surface area (TPSA) is 42.9 Å². The minimum atomic E-state index is 0.211. The third kappa shape index (κ3) is 3.05. The Hall–Kier alpha value is -1.72. The lowest BCUT2D eigenvalue weighted by Gasteiger charge is -2.05. The number of aromatic nitrogens is 2. The average molecular weight is 328 g/mol. The van der Waals surface area contributed by atoms with Crippen LogP contribution in [0.4, 0.5) is 0 Å². The molecule has 0 unspecified atom stereocenters. The molecule has 0 amide bonds. The van der Waals surface area contributed by atoms with E-state index >= 15 is 0 Å². The van der Waals surface area contributed by atoms with Gasteiger partial charge in [0, 0.05) is 22.6 Å². The monoisotopic (exact) mass is 328 g/mol. The standard InChI is InChI=1S/C17H16N2OS2/c1-11(20)8-9-21-16-15-14(13-6-4-3-5-7-13)12(2)22-17(15)19-10-18-16/h3-7,10H,8-9H2,1-2H3. The van der Waals surface area contributed by atoms with Crippen molar-refractivity contribution in [3.8, 4) is 11.1 Å². The number of ketones is 1. The molecule has 0 N–H and O–H groups in total. The molecule has 0 radical (unpaired) electrons. The SMILES string of the molecule is CC(=O)CCSc1ncnc2sc(C)c(-c3ccccc3)c12. The predicted molar refractivity (Wildman–Crippen MR) is 93.6 cm³/mol. The Labute approximate surface area is 137 Å². The van der Waals surface area contributed by atoms with Crippen LogP contribution in [0.15, 0.2) is 41.7 Å². The number of rotatable bonds is 5. The number of thioether (sulfide) groups is 1. The van der Waals surface area contributed by atoms with Crippen LogP contribution in [0.3, 0.4) is 0 Å². The number of hydrogen-bond donors (Lipinski definition) is 0. The van der Waals surface area contributed by atoms with Crippen LogP contribution in [0, 0.1) is 6.92 Å². The molecular weight excluding hydrogens is 312 g/mol. The van der Waals surface area contributed by atoms with E-state index in [2.05, 4.69) is 29.0 Å². The number of aryl methyl sites for hydroxylation is 1. The van der Waals surface area contributed by atoms with Crippen molar-refractivity contribution in [2.24, 2.45) is 0 Å². The minimum absolute atomic E-state index is 0.211. The lowest BCUT2D eigenvalue weighted by Crippen LogP contribution is -1.93. The molecule has 112 valence electrons. The molecule has 0 bridgehead atoms. The molecule has 0 aliphatic carbocycles. The zero-order valence-corrected chi connectivity index (χ0v) is 14.1. The molecule has 2 heterocycles. The smallest absolute Gasteiger partial charge is 0.130 e. The summed E-state index contributed by atoms with van der Waals surface area (Å²) in [7, 11) is 0. The number of nitrogens with zero attached hydrogens (tertiary/aromatic N) is 2. The van der Waals surface area contributed by atoms with E-state index in [0.717, 1.165) is 21.0 Å². The maximum atomic E-state index is 11.1. The number of Topliss-reactive ketones (excluding diaryl/α,β-unsaturated/α-hetero) is 1. The number of thiophene rings is 1. The Morgan fingerprint density at radius 3 is 2.73 bits per heavy atom. The van der Waals surface area contributed by atoms with Crippen molar-refractivity contribution in [1.82, 2.24) is 9.97 Å². The van der Waals surface area contributed by atoms with Crippen LogP contribution in [-0.4, -0.2) is 21.5 Å². The summed E-state index contributed by atoms with van der Waals surface area (Å²) in [6.07, 6.45) is 2.18. The van der Waals surface area contributed by atoms with Crippen molar-refractivity contribution in [2.75, 3.05) is 5.75 Å². The summed E-state index contributed by atoms with van der Waals surface area (Å²) in [6, 6.07) is 10.3. The first kappa shape index (κ1) is 15.2. The average Bonchev–Trinajstić information content (AvgIpc) is 2.84. The van der Waals surface area contributed by atoms with Gasteiger partial charge in [0.15, 0.2) is 0 Å². The Morgan fingerprint density at radius 1 is 1.23 bits per heavy atom. The molecule has 0 atom stereocenters. The molecule has 0 aliphatic heterocycles. The summed E-state index contributed by atoms with van der Waals surface area (Å²) in [4.78, 5) is 22.3. The first-order chi connectivity index (χ1) is 10.7. The predicted octanol–water partition coefficient (Wildman–Crippen LogP) is 4.74. The Balaban J connectivity index is 2.08. The molecule has 0 spiro atoms. The van der Waals surface area contributed by atoms with E-state index in [1.807, 2.05) is 18.2 Å². The largest absolute Gasteiger partial charge is 0.300 e. The highest BCUT2D eigenvalue weighted by molar-refractivity contribution is 7.99. The lowest BCUT2D eigenvalue weighted by atomic mass is 10.0. The molecule has 3 aromatic rings. The molecule has 0 saturated heterocycles. The molecule has 0 fully saturated rings. The number of benzene rings is 1. The summed E-state index contributed by atoms with van der Waals surface area (Å²) in [5.41, 5.74) is 2.40. The van der Waals surface area contributed by atoms with Crippen molar-refractivity contribution >= 4 is 39.1 Å². The van der Waals surface area contributed by atoms with Crippen LogP contribution >= 0.6 is 23.1 Å². The van der Waals surface area contributed by atoms with Gasteiger partial charge in [0.1, 0.15) is 22.0 Å².